The van der Waals surface area contributed by atoms with Gasteiger partial charge in [-0.25, -0.2) is 4.39 Å². The number of hydrogen-bond acceptors (Lipinski definition) is 4. The summed E-state index contributed by atoms with van der Waals surface area (Å²) in [6, 6.07) is 6.03. The molecule has 0 aromatic heterocycles. The molecule has 1 N–H and O–H groups in total. The van der Waals surface area contributed by atoms with Crippen molar-refractivity contribution in [1.82, 2.24) is 5.32 Å². The molecule has 1 aliphatic rings. The van der Waals surface area contributed by atoms with Crippen LogP contribution >= 0.6 is 0 Å². The maximum Gasteiger partial charge on any atom is 0.384 e. The molecular formula is C14H17F3N2O3. The van der Waals surface area contributed by atoms with E-state index in [1.807, 2.05) is 0 Å². The fraction of sp³-hybridized carbons (Fsp3) is 0.571. The molecule has 1 fully saturated rings. The number of halogens is 3. The van der Waals surface area contributed by atoms with Gasteiger partial charge in [-0.05, 0) is 25.3 Å². The molecule has 0 amide bonds. The molecular weight excluding hydrogens is 301 g/mol. The number of rotatable bonds is 6. The molecule has 2 atom stereocenters. The Labute approximate surface area is 125 Å². The van der Waals surface area contributed by atoms with Gasteiger partial charge in [-0.15, -0.1) is 0 Å². The normalized spacial score (nSPS) is 22.5. The van der Waals surface area contributed by atoms with Crippen molar-refractivity contribution in [2.24, 2.45) is 5.92 Å². The second-order valence-corrected chi connectivity index (χ2v) is 5.30. The van der Waals surface area contributed by atoms with Crippen molar-refractivity contribution >= 4 is 5.69 Å². The van der Waals surface area contributed by atoms with Crippen molar-refractivity contribution in [1.29, 1.82) is 0 Å². The number of hydrogen-bond donors (Lipinski definition) is 1. The molecule has 1 heterocycles. The van der Waals surface area contributed by atoms with Crippen molar-refractivity contribution < 1.29 is 22.8 Å². The molecule has 0 radical (unpaired) electrons. The number of nitro benzene ring substituents is 1. The molecule has 2 unspecified atom stereocenters. The number of benzene rings is 1. The molecule has 1 aromatic carbocycles. The van der Waals surface area contributed by atoms with Crippen molar-refractivity contribution in [2.45, 2.75) is 25.0 Å². The summed E-state index contributed by atoms with van der Waals surface area (Å²) < 4.78 is 41.9. The average Bonchev–Trinajstić information content (AvgIpc) is 2.53. The number of alkyl halides is 3. The van der Waals surface area contributed by atoms with Crippen LogP contribution in [0, 0.1) is 16.0 Å². The summed E-state index contributed by atoms with van der Waals surface area (Å²) in [6.07, 6.45) is -2.74. The van der Waals surface area contributed by atoms with E-state index in [2.05, 4.69) is 10.1 Å². The van der Waals surface area contributed by atoms with Crippen molar-refractivity contribution in [2.75, 3.05) is 19.8 Å². The Bertz CT molecular complexity index is 528. The summed E-state index contributed by atoms with van der Waals surface area (Å²) in [7, 11) is 0. The summed E-state index contributed by atoms with van der Waals surface area (Å²) in [5, 5.41) is 14.2. The Hall–Kier alpha value is -1.67. The Morgan fingerprint density at radius 1 is 1.41 bits per heavy atom. The third-order valence-corrected chi connectivity index (χ3v) is 3.71. The zero-order chi connectivity index (χ0) is 16.2. The number of para-hydroxylation sites is 1. The summed E-state index contributed by atoms with van der Waals surface area (Å²) in [5.41, 5.74) is 0.519. The van der Waals surface area contributed by atoms with Gasteiger partial charge in [0.15, 0.2) is 6.67 Å². The zero-order valence-corrected chi connectivity index (χ0v) is 11.8. The van der Waals surface area contributed by atoms with Gasteiger partial charge in [-0.1, -0.05) is 18.2 Å². The smallest absolute Gasteiger partial charge is 0.318 e. The fourth-order valence-electron chi connectivity index (χ4n) is 2.61. The molecule has 0 aliphatic carbocycles. The maximum absolute atomic E-state index is 12.8. The van der Waals surface area contributed by atoms with Gasteiger partial charge in [0.25, 0.3) is 5.69 Å². The lowest BCUT2D eigenvalue weighted by Gasteiger charge is -2.31. The highest BCUT2D eigenvalue weighted by atomic mass is 19.3. The van der Waals surface area contributed by atoms with Gasteiger partial charge < -0.3 is 10.1 Å². The predicted octanol–water partition coefficient (Wildman–Crippen LogP) is 3.21. The molecule has 8 heteroatoms. The largest absolute Gasteiger partial charge is 0.384 e. The molecule has 1 saturated heterocycles. The maximum atomic E-state index is 12.8. The molecule has 2 rings (SSSR count). The van der Waals surface area contributed by atoms with Crippen LogP contribution in [0.3, 0.4) is 0 Å². The minimum Gasteiger partial charge on any atom is -0.318 e. The fourth-order valence-corrected chi connectivity index (χ4v) is 2.61. The van der Waals surface area contributed by atoms with Crippen molar-refractivity contribution in [3.05, 3.63) is 39.9 Å². The molecule has 1 aromatic rings. The SMILES string of the molecule is O=[N+]([O-])c1ccccc1C1CC(COC(F)(F)CF)CCN1. The van der Waals surface area contributed by atoms with Gasteiger partial charge in [0.2, 0.25) is 0 Å². The summed E-state index contributed by atoms with van der Waals surface area (Å²) in [6.45, 7) is -1.59. The monoisotopic (exact) mass is 318 g/mol. The average molecular weight is 318 g/mol. The second-order valence-electron chi connectivity index (χ2n) is 5.30. The van der Waals surface area contributed by atoms with Crippen LogP contribution in [0.5, 0.6) is 0 Å². The highest BCUT2D eigenvalue weighted by molar-refractivity contribution is 5.42. The van der Waals surface area contributed by atoms with Crippen LogP contribution in [-0.2, 0) is 4.74 Å². The zero-order valence-electron chi connectivity index (χ0n) is 11.8. The third kappa shape index (κ3) is 4.17. The molecule has 1 aliphatic heterocycles. The van der Waals surface area contributed by atoms with Crippen LogP contribution in [0.4, 0.5) is 18.9 Å². The Balaban J connectivity index is 2.03. The quantitative estimate of drug-likeness (QED) is 0.646. The first-order valence-corrected chi connectivity index (χ1v) is 6.97. The van der Waals surface area contributed by atoms with E-state index in [1.165, 1.54) is 6.07 Å². The standard InChI is InChI=1S/C14H17F3N2O3/c15-9-14(16,17)22-8-10-5-6-18-12(7-10)11-3-1-2-4-13(11)19(20)21/h1-4,10,12,18H,5-9H2. The van der Waals surface area contributed by atoms with Gasteiger partial charge in [0.05, 0.1) is 11.5 Å². The van der Waals surface area contributed by atoms with E-state index in [0.717, 1.165) is 0 Å². The van der Waals surface area contributed by atoms with E-state index in [1.54, 1.807) is 18.2 Å². The van der Waals surface area contributed by atoms with Crippen LogP contribution in [0.2, 0.25) is 0 Å². The molecule has 22 heavy (non-hydrogen) atoms. The van der Waals surface area contributed by atoms with E-state index < -0.39 is 17.7 Å². The van der Waals surface area contributed by atoms with Crippen molar-refractivity contribution in [3.8, 4) is 0 Å². The number of nitrogens with zero attached hydrogens (tertiary/aromatic N) is 1. The lowest BCUT2D eigenvalue weighted by atomic mass is 9.88. The van der Waals surface area contributed by atoms with Gasteiger partial charge >= 0.3 is 6.11 Å². The Kier molecular flexibility index (Phi) is 5.36. The van der Waals surface area contributed by atoms with Crippen molar-refractivity contribution in [3.63, 3.8) is 0 Å². The predicted molar refractivity (Wildman–Crippen MR) is 73.4 cm³/mol. The van der Waals surface area contributed by atoms with E-state index >= 15 is 0 Å². The Morgan fingerprint density at radius 3 is 2.82 bits per heavy atom. The molecule has 0 saturated carbocycles. The van der Waals surface area contributed by atoms with Gasteiger partial charge in [0, 0.05) is 17.7 Å². The lowest BCUT2D eigenvalue weighted by molar-refractivity contribution is -0.385. The van der Waals surface area contributed by atoms with E-state index in [4.69, 9.17) is 0 Å². The first-order chi connectivity index (χ1) is 10.4. The topological polar surface area (TPSA) is 64.4 Å². The van der Waals surface area contributed by atoms with Gasteiger partial charge in [0.1, 0.15) is 0 Å². The van der Waals surface area contributed by atoms with Gasteiger partial charge in [-0.2, -0.15) is 8.78 Å². The molecule has 5 nitrogen and oxygen atoms in total. The molecule has 122 valence electrons. The summed E-state index contributed by atoms with van der Waals surface area (Å²) in [4.78, 5) is 10.6. The van der Waals surface area contributed by atoms with E-state index in [9.17, 15) is 23.3 Å². The number of nitro groups is 1. The van der Waals surface area contributed by atoms with Crippen LogP contribution in [0.25, 0.3) is 0 Å². The third-order valence-electron chi connectivity index (χ3n) is 3.71. The highest BCUT2D eigenvalue weighted by Crippen LogP contribution is 2.33. The minimum atomic E-state index is -3.76. The van der Waals surface area contributed by atoms with E-state index in [-0.39, 0.29) is 24.3 Å². The van der Waals surface area contributed by atoms with Crippen LogP contribution in [0.1, 0.15) is 24.4 Å². The Morgan fingerprint density at radius 2 is 2.14 bits per heavy atom. The molecule has 0 bridgehead atoms. The number of nitrogens with one attached hydrogen (secondary N) is 1. The number of piperidine rings is 1. The first kappa shape index (κ1) is 16.7. The summed E-state index contributed by atoms with van der Waals surface area (Å²) >= 11 is 0. The summed E-state index contributed by atoms with van der Waals surface area (Å²) in [5.74, 6) is -0.205. The lowest BCUT2D eigenvalue weighted by Crippen LogP contribution is -2.35. The van der Waals surface area contributed by atoms with Crippen LogP contribution < -0.4 is 5.32 Å². The van der Waals surface area contributed by atoms with Crippen LogP contribution in [-0.4, -0.2) is 30.9 Å². The second kappa shape index (κ2) is 7.06. The highest BCUT2D eigenvalue weighted by Gasteiger charge is 2.33. The van der Waals surface area contributed by atoms with E-state index in [0.29, 0.717) is 24.9 Å². The minimum absolute atomic E-state index is 0.00402. The first-order valence-electron chi connectivity index (χ1n) is 6.97. The number of ether oxygens (including phenoxy) is 1. The van der Waals surface area contributed by atoms with Crippen LogP contribution in [0.15, 0.2) is 24.3 Å². The molecule has 0 spiro atoms. The van der Waals surface area contributed by atoms with Gasteiger partial charge in [-0.3, -0.25) is 10.1 Å².